The van der Waals surface area contributed by atoms with E-state index in [1.807, 2.05) is 0 Å². The van der Waals surface area contributed by atoms with E-state index < -0.39 is 0 Å². The SMILES string of the molecule is CNc1nc(NC2CCCc3ccccc32)nc(OC)n1. The second kappa shape index (κ2) is 5.95. The van der Waals surface area contributed by atoms with Crippen molar-refractivity contribution in [1.82, 2.24) is 15.0 Å². The van der Waals surface area contributed by atoms with Gasteiger partial charge in [0, 0.05) is 7.05 Å². The van der Waals surface area contributed by atoms with Crippen LogP contribution in [-0.4, -0.2) is 29.1 Å². The standard InChI is InChI=1S/C15H19N5O/c1-16-13-18-14(20-15(19-13)21-2)17-12-9-5-7-10-6-3-4-8-11(10)12/h3-4,6,8,12H,5,7,9H2,1-2H3,(H2,16,17,18,19,20). The van der Waals surface area contributed by atoms with Crippen LogP contribution in [0, 0.1) is 0 Å². The number of fused-ring (bicyclic) bond motifs is 1. The molecule has 6 heteroatoms. The van der Waals surface area contributed by atoms with Gasteiger partial charge in [0.15, 0.2) is 0 Å². The van der Waals surface area contributed by atoms with E-state index in [9.17, 15) is 0 Å². The van der Waals surface area contributed by atoms with Crippen molar-refractivity contribution in [2.45, 2.75) is 25.3 Å². The second-order valence-electron chi connectivity index (χ2n) is 5.01. The maximum atomic E-state index is 5.11. The summed E-state index contributed by atoms with van der Waals surface area (Å²) in [5.41, 5.74) is 2.73. The molecule has 1 heterocycles. The smallest absolute Gasteiger partial charge is 0.322 e. The van der Waals surface area contributed by atoms with Crippen LogP contribution in [0.3, 0.4) is 0 Å². The normalized spacial score (nSPS) is 17.0. The minimum absolute atomic E-state index is 0.228. The van der Waals surface area contributed by atoms with Crippen LogP contribution in [0.25, 0.3) is 0 Å². The Labute approximate surface area is 124 Å². The highest BCUT2D eigenvalue weighted by atomic mass is 16.5. The molecular formula is C15H19N5O. The summed E-state index contributed by atoms with van der Waals surface area (Å²) < 4.78 is 5.11. The molecular weight excluding hydrogens is 266 g/mol. The summed E-state index contributed by atoms with van der Waals surface area (Å²) in [4.78, 5) is 12.7. The minimum Gasteiger partial charge on any atom is -0.467 e. The lowest BCUT2D eigenvalue weighted by Gasteiger charge is -2.26. The zero-order valence-corrected chi connectivity index (χ0v) is 12.3. The number of anilines is 2. The monoisotopic (exact) mass is 285 g/mol. The van der Waals surface area contributed by atoms with Gasteiger partial charge in [0.05, 0.1) is 13.2 Å². The van der Waals surface area contributed by atoms with E-state index in [0.29, 0.717) is 17.9 Å². The zero-order valence-electron chi connectivity index (χ0n) is 12.3. The Morgan fingerprint density at radius 3 is 2.76 bits per heavy atom. The molecule has 2 N–H and O–H groups in total. The van der Waals surface area contributed by atoms with Crippen molar-refractivity contribution in [3.8, 4) is 6.01 Å². The topological polar surface area (TPSA) is 72.0 Å². The van der Waals surface area contributed by atoms with Crippen molar-refractivity contribution in [3.63, 3.8) is 0 Å². The van der Waals surface area contributed by atoms with Gasteiger partial charge in [-0.3, -0.25) is 0 Å². The number of aryl methyl sites for hydroxylation is 1. The van der Waals surface area contributed by atoms with Crippen molar-refractivity contribution in [1.29, 1.82) is 0 Å². The molecule has 1 atom stereocenters. The van der Waals surface area contributed by atoms with Crippen LogP contribution in [0.15, 0.2) is 24.3 Å². The maximum absolute atomic E-state index is 5.11. The first-order chi connectivity index (χ1) is 10.3. The third-order valence-corrected chi connectivity index (χ3v) is 3.69. The minimum atomic E-state index is 0.228. The van der Waals surface area contributed by atoms with E-state index in [-0.39, 0.29) is 6.04 Å². The third kappa shape index (κ3) is 2.89. The highest BCUT2D eigenvalue weighted by Crippen LogP contribution is 2.31. The molecule has 1 aromatic carbocycles. The lowest BCUT2D eigenvalue weighted by Crippen LogP contribution is -2.19. The molecule has 1 aliphatic carbocycles. The van der Waals surface area contributed by atoms with Gasteiger partial charge in [-0.1, -0.05) is 24.3 Å². The van der Waals surface area contributed by atoms with E-state index in [1.54, 1.807) is 14.2 Å². The molecule has 0 saturated carbocycles. The van der Waals surface area contributed by atoms with Crippen LogP contribution < -0.4 is 15.4 Å². The van der Waals surface area contributed by atoms with Crippen LogP contribution in [0.4, 0.5) is 11.9 Å². The average Bonchev–Trinajstić information content (AvgIpc) is 2.55. The van der Waals surface area contributed by atoms with Crippen LogP contribution in [0.2, 0.25) is 0 Å². The number of ether oxygens (including phenoxy) is 1. The van der Waals surface area contributed by atoms with Gasteiger partial charge in [-0.25, -0.2) is 0 Å². The van der Waals surface area contributed by atoms with Gasteiger partial charge in [0.25, 0.3) is 0 Å². The molecule has 0 amide bonds. The fourth-order valence-corrected chi connectivity index (χ4v) is 2.68. The summed E-state index contributed by atoms with van der Waals surface area (Å²) in [7, 11) is 3.32. The first-order valence-electron chi connectivity index (χ1n) is 7.12. The number of nitrogens with zero attached hydrogens (tertiary/aromatic N) is 3. The molecule has 0 saturated heterocycles. The summed E-state index contributed by atoms with van der Waals surface area (Å²) in [6.45, 7) is 0. The number of hydrogen-bond donors (Lipinski definition) is 2. The Kier molecular flexibility index (Phi) is 3.85. The second-order valence-corrected chi connectivity index (χ2v) is 5.01. The molecule has 0 spiro atoms. The molecule has 6 nitrogen and oxygen atoms in total. The maximum Gasteiger partial charge on any atom is 0.322 e. The Morgan fingerprint density at radius 2 is 1.95 bits per heavy atom. The number of methoxy groups -OCH3 is 1. The zero-order chi connectivity index (χ0) is 14.7. The number of hydrogen-bond acceptors (Lipinski definition) is 6. The molecule has 0 radical (unpaired) electrons. The first kappa shape index (κ1) is 13.6. The van der Waals surface area contributed by atoms with E-state index in [2.05, 4.69) is 49.9 Å². The van der Waals surface area contributed by atoms with E-state index in [4.69, 9.17) is 4.74 Å². The number of rotatable bonds is 4. The van der Waals surface area contributed by atoms with E-state index in [1.165, 1.54) is 11.1 Å². The Hall–Kier alpha value is -2.37. The van der Waals surface area contributed by atoms with Crippen LogP contribution >= 0.6 is 0 Å². The Balaban J connectivity index is 1.87. The molecule has 1 aromatic heterocycles. The van der Waals surface area contributed by atoms with Crippen molar-refractivity contribution < 1.29 is 4.74 Å². The van der Waals surface area contributed by atoms with Crippen molar-refractivity contribution in [3.05, 3.63) is 35.4 Å². The Morgan fingerprint density at radius 1 is 1.14 bits per heavy atom. The van der Waals surface area contributed by atoms with Crippen molar-refractivity contribution >= 4 is 11.9 Å². The molecule has 0 bridgehead atoms. The summed E-state index contributed by atoms with van der Waals surface area (Å²) in [6.07, 6.45) is 3.37. The van der Waals surface area contributed by atoms with Gasteiger partial charge in [0.1, 0.15) is 0 Å². The van der Waals surface area contributed by atoms with Crippen LogP contribution in [-0.2, 0) is 6.42 Å². The molecule has 21 heavy (non-hydrogen) atoms. The van der Waals surface area contributed by atoms with Crippen LogP contribution in [0.1, 0.15) is 30.0 Å². The lowest BCUT2D eigenvalue weighted by molar-refractivity contribution is 0.379. The van der Waals surface area contributed by atoms with Gasteiger partial charge < -0.3 is 15.4 Å². The van der Waals surface area contributed by atoms with Crippen molar-refractivity contribution in [2.75, 3.05) is 24.8 Å². The fourth-order valence-electron chi connectivity index (χ4n) is 2.68. The molecule has 3 rings (SSSR count). The van der Waals surface area contributed by atoms with Gasteiger partial charge >= 0.3 is 6.01 Å². The number of benzene rings is 1. The van der Waals surface area contributed by atoms with Crippen LogP contribution in [0.5, 0.6) is 6.01 Å². The number of nitrogens with one attached hydrogen (secondary N) is 2. The van der Waals surface area contributed by atoms with Gasteiger partial charge in [0.2, 0.25) is 11.9 Å². The quantitative estimate of drug-likeness (QED) is 0.899. The average molecular weight is 285 g/mol. The fraction of sp³-hybridized carbons (Fsp3) is 0.400. The molecule has 1 aliphatic rings. The highest BCUT2D eigenvalue weighted by Gasteiger charge is 2.20. The summed E-state index contributed by atoms with van der Waals surface area (Å²) in [5.74, 6) is 1.03. The summed E-state index contributed by atoms with van der Waals surface area (Å²) in [6, 6.07) is 9.06. The first-order valence-corrected chi connectivity index (χ1v) is 7.12. The number of aromatic nitrogens is 3. The summed E-state index contributed by atoms with van der Waals surface area (Å²) in [5, 5.41) is 6.32. The van der Waals surface area contributed by atoms with E-state index in [0.717, 1.165) is 19.3 Å². The van der Waals surface area contributed by atoms with E-state index >= 15 is 0 Å². The molecule has 2 aromatic rings. The highest BCUT2D eigenvalue weighted by molar-refractivity contribution is 5.41. The van der Waals surface area contributed by atoms with Gasteiger partial charge in [-0.05, 0) is 30.4 Å². The summed E-state index contributed by atoms with van der Waals surface area (Å²) >= 11 is 0. The predicted molar refractivity (Wildman–Crippen MR) is 81.7 cm³/mol. The Bertz CT molecular complexity index is 609. The van der Waals surface area contributed by atoms with Gasteiger partial charge in [-0.15, -0.1) is 0 Å². The molecule has 0 fully saturated rings. The lowest BCUT2D eigenvalue weighted by atomic mass is 9.88. The predicted octanol–water partition coefficient (Wildman–Crippen LogP) is 2.41. The van der Waals surface area contributed by atoms with Crippen molar-refractivity contribution in [2.24, 2.45) is 0 Å². The third-order valence-electron chi connectivity index (χ3n) is 3.69. The molecule has 110 valence electrons. The molecule has 1 unspecified atom stereocenters. The van der Waals surface area contributed by atoms with Gasteiger partial charge in [-0.2, -0.15) is 15.0 Å². The molecule has 0 aliphatic heterocycles. The largest absolute Gasteiger partial charge is 0.467 e.